The molecule has 0 saturated carbocycles. The van der Waals surface area contributed by atoms with Gasteiger partial charge in [0.15, 0.2) is 0 Å². The highest BCUT2D eigenvalue weighted by Crippen LogP contribution is 2.55. The minimum Gasteiger partial charge on any atom is -0.360 e. The Morgan fingerprint density at radius 2 is 1.59 bits per heavy atom. The van der Waals surface area contributed by atoms with E-state index in [1.165, 1.54) is 0 Å². The zero-order valence-corrected chi connectivity index (χ0v) is 16.1. The van der Waals surface area contributed by atoms with E-state index in [0.29, 0.717) is 17.8 Å². The van der Waals surface area contributed by atoms with Crippen LogP contribution in [0.15, 0.2) is 47.4 Å². The monoisotopic (exact) mass is 438 g/mol. The maximum atomic E-state index is 14.4. The Bertz CT molecular complexity index is 881. The van der Waals surface area contributed by atoms with Crippen LogP contribution >= 0.6 is 11.8 Å². The van der Waals surface area contributed by atoms with E-state index in [-0.39, 0.29) is 5.69 Å². The second kappa shape index (κ2) is 7.30. The summed E-state index contributed by atoms with van der Waals surface area (Å²) in [6.07, 6.45) is -12.8. The molecule has 10 heteroatoms. The highest BCUT2D eigenvalue weighted by Gasteiger charge is 2.73. The fourth-order valence-corrected chi connectivity index (χ4v) is 4.16. The lowest BCUT2D eigenvalue weighted by atomic mass is 9.93. The number of nitrogens with one attached hydrogen (secondary N) is 1. The molecule has 0 aliphatic carbocycles. The molecule has 1 unspecified atom stereocenters. The summed E-state index contributed by atoms with van der Waals surface area (Å²) >= 11 is 1.56. The standard InChI is InChI=1S/C19H17F7N2S/c1-3-29-15-7-5-4-6-12(15)16-27-13-10-11(8-9-14(13)28(16)2)17(20,18(21,22)23)19(24,25)26/h4-10,16,27H,3H2,1-2H3. The minimum absolute atomic E-state index is 0.00169. The van der Waals surface area contributed by atoms with Crippen molar-refractivity contribution in [1.82, 2.24) is 0 Å². The predicted molar refractivity (Wildman–Crippen MR) is 98.9 cm³/mol. The van der Waals surface area contributed by atoms with Crippen LogP contribution in [0.1, 0.15) is 24.2 Å². The molecule has 3 rings (SSSR count). The van der Waals surface area contributed by atoms with Gasteiger partial charge in [-0.2, -0.15) is 26.3 Å². The van der Waals surface area contributed by atoms with E-state index in [9.17, 15) is 30.7 Å². The SMILES string of the molecule is CCSc1ccccc1C1Nc2cc(C(F)(C(F)(F)F)C(F)(F)F)ccc2N1C. The third-order valence-electron chi connectivity index (χ3n) is 4.75. The van der Waals surface area contributed by atoms with Crippen LogP contribution in [0.4, 0.5) is 42.1 Å². The van der Waals surface area contributed by atoms with E-state index >= 15 is 0 Å². The first kappa shape index (κ1) is 21.6. The largest absolute Gasteiger partial charge is 0.435 e. The molecule has 0 amide bonds. The molecule has 1 N–H and O–H groups in total. The van der Waals surface area contributed by atoms with Crippen molar-refractivity contribution in [2.75, 3.05) is 23.0 Å². The van der Waals surface area contributed by atoms with Crippen molar-refractivity contribution in [2.45, 2.75) is 36.0 Å². The van der Waals surface area contributed by atoms with Gasteiger partial charge < -0.3 is 10.2 Å². The van der Waals surface area contributed by atoms with Gasteiger partial charge >= 0.3 is 18.0 Å². The Kier molecular flexibility index (Phi) is 5.44. The van der Waals surface area contributed by atoms with E-state index in [1.54, 1.807) is 29.8 Å². The number of alkyl halides is 7. The zero-order valence-electron chi connectivity index (χ0n) is 15.3. The Morgan fingerprint density at radius 3 is 2.17 bits per heavy atom. The van der Waals surface area contributed by atoms with Crippen LogP contribution in [0.25, 0.3) is 0 Å². The quantitative estimate of drug-likeness (QED) is 0.425. The van der Waals surface area contributed by atoms with E-state index in [0.717, 1.165) is 22.3 Å². The van der Waals surface area contributed by atoms with Crippen molar-refractivity contribution >= 4 is 23.1 Å². The number of hydrogen-bond donors (Lipinski definition) is 1. The molecule has 2 nitrogen and oxygen atoms in total. The second-order valence-electron chi connectivity index (χ2n) is 6.51. The fourth-order valence-electron chi connectivity index (χ4n) is 3.32. The number of anilines is 2. The van der Waals surface area contributed by atoms with E-state index in [4.69, 9.17) is 0 Å². The molecule has 2 aromatic carbocycles. The number of halogens is 7. The molecule has 0 aromatic heterocycles. The van der Waals surface area contributed by atoms with Crippen LogP contribution in [0.2, 0.25) is 0 Å². The van der Waals surface area contributed by atoms with Crippen LogP contribution in [-0.4, -0.2) is 25.2 Å². The number of thioether (sulfide) groups is 1. The smallest absolute Gasteiger partial charge is 0.360 e. The van der Waals surface area contributed by atoms with Gasteiger partial charge in [-0.05, 0) is 24.0 Å². The molecule has 0 fully saturated rings. The molecule has 1 aliphatic heterocycles. The maximum Gasteiger partial charge on any atom is 0.435 e. The zero-order chi connectivity index (χ0) is 21.6. The molecule has 1 aliphatic rings. The van der Waals surface area contributed by atoms with Crippen LogP contribution in [0, 0.1) is 0 Å². The summed E-state index contributed by atoms with van der Waals surface area (Å²) in [7, 11) is 1.66. The summed E-state index contributed by atoms with van der Waals surface area (Å²) in [6.45, 7) is 1.96. The van der Waals surface area contributed by atoms with Gasteiger partial charge in [0.1, 0.15) is 6.17 Å². The molecule has 1 atom stereocenters. The fraction of sp³-hybridized carbons (Fsp3) is 0.368. The molecule has 0 saturated heterocycles. The summed E-state index contributed by atoms with van der Waals surface area (Å²) in [6, 6.07) is 9.52. The first-order chi connectivity index (χ1) is 13.4. The van der Waals surface area contributed by atoms with Gasteiger partial charge in [0.25, 0.3) is 0 Å². The van der Waals surface area contributed by atoms with Crippen molar-refractivity contribution in [3.8, 4) is 0 Å². The van der Waals surface area contributed by atoms with Crippen molar-refractivity contribution in [1.29, 1.82) is 0 Å². The third kappa shape index (κ3) is 3.51. The number of rotatable bonds is 4. The van der Waals surface area contributed by atoms with Gasteiger partial charge in [0.2, 0.25) is 0 Å². The van der Waals surface area contributed by atoms with Crippen molar-refractivity contribution in [3.05, 3.63) is 53.6 Å². The average Bonchev–Trinajstić information content (AvgIpc) is 2.96. The van der Waals surface area contributed by atoms with Crippen molar-refractivity contribution < 1.29 is 30.7 Å². The van der Waals surface area contributed by atoms with Gasteiger partial charge in [-0.25, -0.2) is 4.39 Å². The first-order valence-corrected chi connectivity index (χ1v) is 9.58. The molecular formula is C19H17F7N2S. The van der Waals surface area contributed by atoms with E-state index < -0.39 is 29.8 Å². The molecule has 1 heterocycles. The van der Waals surface area contributed by atoms with Gasteiger partial charge in [0, 0.05) is 23.1 Å². The normalized spacial score (nSPS) is 17.3. The highest BCUT2D eigenvalue weighted by molar-refractivity contribution is 7.99. The summed E-state index contributed by atoms with van der Waals surface area (Å²) < 4.78 is 92.8. The van der Waals surface area contributed by atoms with Gasteiger partial charge in [-0.3, -0.25) is 0 Å². The van der Waals surface area contributed by atoms with E-state index in [1.807, 2.05) is 25.1 Å². The van der Waals surface area contributed by atoms with Crippen LogP contribution < -0.4 is 10.2 Å². The van der Waals surface area contributed by atoms with Crippen LogP contribution in [-0.2, 0) is 5.67 Å². The Hall–Kier alpha value is -2.10. The lowest BCUT2D eigenvalue weighted by Crippen LogP contribution is -2.50. The summed E-state index contributed by atoms with van der Waals surface area (Å²) in [5, 5.41) is 2.93. The van der Waals surface area contributed by atoms with Crippen molar-refractivity contribution in [3.63, 3.8) is 0 Å². The average molecular weight is 438 g/mol. The molecule has 0 bridgehead atoms. The number of hydrogen-bond acceptors (Lipinski definition) is 3. The highest BCUT2D eigenvalue weighted by atomic mass is 32.2. The number of nitrogens with zero attached hydrogens (tertiary/aromatic N) is 1. The molecule has 0 spiro atoms. The summed E-state index contributed by atoms with van der Waals surface area (Å²) in [5.41, 5.74) is -5.76. The molecule has 29 heavy (non-hydrogen) atoms. The molecule has 158 valence electrons. The Labute approximate surface area is 167 Å². The lowest BCUT2D eigenvalue weighted by Gasteiger charge is -2.30. The Morgan fingerprint density at radius 1 is 0.966 bits per heavy atom. The number of fused-ring (bicyclic) bond motifs is 1. The predicted octanol–water partition coefficient (Wildman–Crippen LogP) is 6.65. The van der Waals surface area contributed by atoms with Gasteiger partial charge in [0.05, 0.1) is 11.4 Å². The first-order valence-electron chi connectivity index (χ1n) is 8.59. The Balaban J connectivity index is 2.04. The third-order valence-corrected chi connectivity index (χ3v) is 5.72. The second-order valence-corrected chi connectivity index (χ2v) is 7.82. The molecule has 0 radical (unpaired) electrons. The topological polar surface area (TPSA) is 15.3 Å². The molecular weight excluding hydrogens is 421 g/mol. The van der Waals surface area contributed by atoms with Gasteiger partial charge in [-0.1, -0.05) is 31.2 Å². The maximum absolute atomic E-state index is 14.4. The van der Waals surface area contributed by atoms with Crippen LogP contribution in [0.5, 0.6) is 0 Å². The van der Waals surface area contributed by atoms with E-state index in [2.05, 4.69) is 5.32 Å². The summed E-state index contributed by atoms with van der Waals surface area (Å²) in [4.78, 5) is 2.62. The molecule has 2 aromatic rings. The minimum atomic E-state index is -6.15. The lowest BCUT2D eigenvalue weighted by molar-refractivity contribution is -0.348. The van der Waals surface area contributed by atoms with Gasteiger partial charge in [-0.15, -0.1) is 11.8 Å². The number of benzene rings is 2. The summed E-state index contributed by atoms with van der Waals surface area (Å²) in [5.74, 6) is 0.784. The van der Waals surface area contributed by atoms with Crippen LogP contribution in [0.3, 0.4) is 0 Å². The van der Waals surface area contributed by atoms with Crippen molar-refractivity contribution in [2.24, 2.45) is 0 Å².